The summed E-state index contributed by atoms with van der Waals surface area (Å²) in [5.74, 6) is 0. The predicted molar refractivity (Wildman–Crippen MR) is 96.5 cm³/mol. The van der Waals surface area contributed by atoms with Crippen molar-refractivity contribution in [1.82, 2.24) is 4.57 Å². The number of aryl methyl sites for hydroxylation is 2. The molecule has 1 unspecified atom stereocenters. The minimum atomic E-state index is 0.0495. The van der Waals surface area contributed by atoms with Crippen LogP contribution in [0.2, 0.25) is 0 Å². The molecule has 1 aliphatic heterocycles. The molecule has 3 rings (SSSR count). The minimum Gasteiger partial charge on any atom is -0.379 e. The van der Waals surface area contributed by atoms with Gasteiger partial charge in [0.15, 0.2) is 0 Å². The van der Waals surface area contributed by atoms with Gasteiger partial charge in [-0.25, -0.2) is 0 Å². The molecular formula is C18H22N2O2S. The molecule has 0 saturated carbocycles. The first kappa shape index (κ1) is 16.1. The van der Waals surface area contributed by atoms with E-state index in [0.29, 0.717) is 6.04 Å². The summed E-state index contributed by atoms with van der Waals surface area (Å²) in [7, 11) is 1.80. The van der Waals surface area contributed by atoms with E-state index in [-0.39, 0.29) is 5.56 Å². The van der Waals surface area contributed by atoms with E-state index in [9.17, 15) is 4.79 Å². The Labute approximate surface area is 140 Å². The van der Waals surface area contributed by atoms with Gasteiger partial charge in [0, 0.05) is 47.1 Å². The molecule has 1 aromatic carbocycles. The van der Waals surface area contributed by atoms with Crippen molar-refractivity contribution < 1.29 is 4.74 Å². The molecular weight excluding hydrogens is 308 g/mol. The third kappa shape index (κ3) is 3.46. The number of benzene rings is 1. The quantitative estimate of drug-likeness (QED) is 0.874. The molecule has 0 spiro atoms. The molecule has 5 heteroatoms. The molecule has 2 aromatic rings. The van der Waals surface area contributed by atoms with Crippen molar-refractivity contribution in [2.45, 2.75) is 24.3 Å². The summed E-state index contributed by atoms with van der Waals surface area (Å²) in [4.78, 5) is 13.2. The number of aromatic nitrogens is 1. The molecule has 122 valence electrons. The van der Waals surface area contributed by atoms with Gasteiger partial charge in [-0.3, -0.25) is 4.79 Å². The fourth-order valence-corrected chi connectivity index (χ4v) is 3.35. The van der Waals surface area contributed by atoms with Gasteiger partial charge in [-0.15, -0.1) is 11.8 Å². The third-order valence-electron chi connectivity index (χ3n) is 4.19. The van der Waals surface area contributed by atoms with Gasteiger partial charge in [-0.1, -0.05) is 0 Å². The Morgan fingerprint density at radius 2 is 2.17 bits per heavy atom. The number of ether oxygens (including phenoxy) is 1. The van der Waals surface area contributed by atoms with Gasteiger partial charge in [0.25, 0.3) is 5.56 Å². The zero-order chi connectivity index (χ0) is 16.4. The van der Waals surface area contributed by atoms with Gasteiger partial charge in [-0.2, -0.15) is 0 Å². The largest absolute Gasteiger partial charge is 0.379 e. The molecule has 0 radical (unpaired) electrons. The lowest BCUT2D eigenvalue weighted by Gasteiger charge is -2.18. The van der Waals surface area contributed by atoms with Crippen LogP contribution in [0.4, 0.5) is 5.69 Å². The highest BCUT2D eigenvalue weighted by Crippen LogP contribution is 2.32. The van der Waals surface area contributed by atoms with E-state index in [0.717, 1.165) is 42.0 Å². The number of hydrogen-bond donors (Lipinski definition) is 1. The van der Waals surface area contributed by atoms with E-state index < -0.39 is 0 Å². The number of pyridine rings is 1. The fourth-order valence-electron chi connectivity index (χ4n) is 2.91. The van der Waals surface area contributed by atoms with Crippen molar-refractivity contribution in [3.8, 4) is 11.1 Å². The van der Waals surface area contributed by atoms with E-state index in [1.807, 2.05) is 19.2 Å². The monoisotopic (exact) mass is 330 g/mol. The maximum absolute atomic E-state index is 12.0. The average molecular weight is 330 g/mol. The predicted octanol–water partition coefficient (Wildman–Crippen LogP) is 3.28. The highest BCUT2D eigenvalue weighted by atomic mass is 32.2. The Kier molecular flexibility index (Phi) is 4.78. The summed E-state index contributed by atoms with van der Waals surface area (Å²) in [6, 6.07) is 8.75. The first-order chi connectivity index (χ1) is 11.1. The van der Waals surface area contributed by atoms with Crippen LogP contribution in [-0.2, 0) is 11.8 Å². The lowest BCUT2D eigenvalue weighted by Crippen LogP contribution is -2.20. The number of rotatable bonds is 4. The summed E-state index contributed by atoms with van der Waals surface area (Å²) >= 11 is 1.72. The fraction of sp³-hybridized carbons (Fsp3) is 0.389. The smallest absolute Gasteiger partial charge is 0.253 e. The summed E-state index contributed by atoms with van der Waals surface area (Å²) < 4.78 is 7.11. The van der Waals surface area contributed by atoms with E-state index in [1.54, 1.807) is 23.4 Å². The second-order valence-electron chi connectivity index (χ2n) is 5.94. The van der Waals surface area contributed by atoms with Crippen molar-refractivity contribution in [1.29, 1.82) is 0 Å². The van der Waals surface area contributed by atoms with Crippen LogP contribution in [0.25, 0.3) is 11.1 Å². The molecule has 0 amide bonds. The van der Waals surface area contributed by atoms with Gasteiger partial charge in [0.05, 0.1) is 12.6 Å². The third-order valence-corrected chi connectivity index (χ3v) is 4.91. The molecule has 1 aliphatic rings. The molecule has 0 bridgehead atoms. The topological polar surface area (TPSA) is 43.3 Å². The van der Waals surface area contributed by atoms with Gasteiger partial charge >= 0.3 is 0 Å². The van der Waals surface area contributed by atoms with Crippen LogP contribution in [0.3, 0.4) is 0 Å². The highest BCUT2D eigenvalue weighted by molar-refractivity contribution is 7.98. The molecule has 1 atom stereocenters. The molecule has 0 aliphatic carbocycles. The SMILES string of the molecule is CSc1ccc(NC2CCOC2)c(-c2cc(C)c(=O)n(C)c2)c1. The summed E-state index contributed by atoms with van der Waals surface area (Å²) in [5.41, 5.74) is 4.09. The maximum atomic E-state index is 12.0. The second-order valence-corrected chi connectivity index (χ2v) is 6.82. The molecule has 1 N–H and O–H groups in total. The lowest BCUT2D eigenvalue weighted by atomic mass is 10.0. The van der Waals surface area contributed by atoms with E-state index >= 15 is 0 Å². The van der Waals surface area contributed by atoms with Crippen LogP contribution in [0, 0.1) is 6.92 Å². The molecule has 1 fully saturated rings. The normalized spacial score (nSPS) is 17.4. The zero-order valence-electron chi connectivity index (χ0n) is 13.8. The summed E-state index contributed by atoms with van der Waals surface area (Å²) in [6.45, 7) is 3.42. The van der Waals surface area contributed by atoms with Gasteiger partial charge in [-0.05, 0) is 43.9 Å². The Balaban J connectivity index is 2.06. The molecule has 23 heavy (non-hydrogen) atoms. The van der Waals surface area contributed by atoms with Crippen LogP contribution in [0.1, 0.15) is 12.0 Å². The van der Waals surface area contributed by atoms with Crippen LogP contribution in [0.5, 0.6) is 0 Å². The van der Waals surface area contributed by atoms with E-state index in [4.69, 9.17) is 4.74 Å². The van der Waals surface area contributed by atoms with Crippen molar-refractivity contribution >= 4 is 17.4 Å². The number of nitrogens with zero attached hydrogens (tertiary/aromatic N) is 1. The Morgan fingerprint density at radius 3 is 2.83 bits per heavy atom. The minimum absolute atomic E-state index is 0.0495. The number of thioether (sulfide) groups is 1. The lowest BCUT2D eigenvalue weighted by molar-refractivity contribution is 0.195. The number of hydrogen-bond acceptors (Lipinski definition) is 4. The van der Waals surface area contributed by atoms with Gasteiger partial charge in [0.1, 0.15) is 0 Å². The standard InChI is InChI=1S/C18H22N2O2S/c1-12-8-13(10-20(2)18(12)21)16-9-15(23-3)4-5-17(16)19-14-6-7-22-11-14/h4-5,8-10,14,19H,6-7,11H2,1-3H3. The maximum Gasteiger partial charge on any atom is 0.253 e. The zero-order valence-corrected chi connectivity index (χ0v) is 14.6. The summed E-state index contributed by atoms with van der Waals surface area (Å²) in [5, 5.41) is 3.59. The first-order valence-electron chi connectivity index (χ1n) is 7.78. The van der Waals surface area contributed by atoms with Gasteiger partial charge in [0.2, 0.25) is 0 Å². The van der Waals surface area contributed by atoms with E-state index in [1.165, 1.54) is 4.90 Å². The van der Waals surface area contributed by atoms with Crippen molar-refractivity contribution in [2.24, 2.45) is 7.05 Å². The second kappa shape index (κ2) is 6.81. The van der Waals surface area contributed by atoms with Crippen LogP contribution < -0.4 is 10.9 Å². The number of nitrogens with one attached hydrogen (secondary N) is 1. The molecule has 2 heterocycles. The van der Waals surface area contributed by atoms with Crippen molar-refractivity contribution in [3.05, 3.63) is 46.4 Å². The Hall–Kier alpha value is -1.72. The van der Waals surface area contributed by atoms with E-state index in [2.05, 4.69) is 29.8 Å². The molecule has 4 nitrogen and oxygen atoms in total. The summed E-state index contributed by atoms with van der Waals surface area (Å²) in [6.07, 6.45) is 5.00. The van der Waals surface area contributed by atoms with Crippen molar-refractivity contribution in [3.63, 3.8) is 0 Å². The average Bonchev–Trinajstić information content (AvgIpc) is 3.05. The number of anilines is 1. The Bertz CT molecular complexity index is 738. The van der Waals surface area contributed by atoms with Crippen molar-refractivity contribution in [2.75, 3.05) is 24.8 Å². The first-order valence-corrected chi connectivity index (χ1v) is 9.01. The Morgan fingerprint density at radius 1 is 1.35 bits per heavy atom. The van der Waals surface area contributed by atoms with Crippen LogP contribution in [-0.4, -0.2) is 30.1 Å². The van der Waals surface area contributed by atoms with Crippen LogP contribution >= 0.6 is 11.8 Å². The molecule has 1 aromatic heterocycles. The molecule has 1 saturated heterocycles. The highest BCUT2D eigenvalue weighted by Gasteiger charge is 2.17. The van der Waals surface area contributed by atoms with Crippen LogP contribution in [0.15, 0.2) is 40.2 Å². The van der Waals surface area contributed by atoms with Gasteiger partial charge < -0.3 is 14.6 Å².